The minimum absolute atomic E-state index is 0.0655. The Hall–Kier alpha value is -2.34. The Morgan fingerprint density at radius 2 is 1.63 bits per heavy atom. The highest BCUT2D eigenvalue weighted by Crippen LogP contribution is 2.21. The van der Waals surface area contributed by atoms with E-state index in [1.807, 2.05) is 26.0 Å². The molecule has 0 bridgehead atoms. The summed E-state index contributed by atoms with van der Waals surface area (Å²) in [4.78, 5) is 12.4. The Morgan fingerprint density at radius 3 is 2.19 bits per heavy atom. The smallest absolute Gasteiger partial charge is 0.261 e. The topological polar surface area (TPSA) is 75.3 Å². The van der Waals surface area contributed by atoms with Crippen LogP contribution in [-0.2, 0) is 10.0 Å². The molecule has 2 N–H and O–H groups in total. The van der Waals surface area contributed by atoms with Crippen molar-refractivity contribution in [2.45, 2.75) is 45.4 Å². The lowest BCUT2D eigenvalue weighted by atomic mass is 10.0. The lowest BCUT2D eigenvalue weighted by Gasteiger charge is -2.13. The number of amides is 1. The maximum absolute atomic E-state index is 12.7. The molecule has 0 radical (unpaired) electrons. The molecule has 2 aromatic rings. The molecule has 5 nitrogen and oxygen atoms in total. The molecule has 0 aliphatic carbocycles. The highest BCUT2D eigenvalue weighted by molar-refractivity contribution is 7.92. The molecule has 0 fully saturated rings. The second kappa shape index (κ2) is 8.57. The van der Waals surface area contributed by atoms with Crippen molar-refractivity contribution in [2.75, 3.05) is 11.3 Å². The van der Waals surface area contributed by atoms with Crippen LogP contribution in [0.1, 0.15) is 55.1 Å². The second-order valence-electron chi connectivity index (χ2n) is 7.46. The third kappa shape index (κ3) is 5.57. The van der Waals surface area contributed by atoms with E-state index in [-0.39, 0.29) is 10.8 Å². The van der Waals surface area contributed by atoms with Gasteiger partial charge < -0.3 is 5.32 Å². The standard InChI is InChI=1S/C21H28N2O3S/c1-14(2)13-22-21(24)20-12-19(11-6-16(20)5)27(25,26)23-18-9-7-17(8-10-18)15(3)4/h6-12,14-15,23H,13H2,1-5H3,(H,22,24). The molecule has 146 valence electrons. The zero-order valence-corrected chi connectivity index (χ0v) is 17.4. The van der Waals surface area contributed by atoms with Crippen molar-refractivity contribution in [3.05, 3.63) is 59.2 Å². The average molecular weight is 389 g/mol. The molecule has 1 amide bonds. The molecule has 27 heavy (non-hydrogen) atoms. The predicted octanol–water partition coefficient (Wildman–Crippen LogP) is 4.31. The zero-order valence-electron chi connectivity index (χ0n) is 16.5. The Morgan fingerprint density at radius 1 is 1.00 bits per heavy atom. The molecule has 0 saturated heterocycles. The minimum Gasteiger partial charge on any atom is -0.352 e. The van der Waals surface area contributed by atoms with Gasteiger partial charge in [-0.05, 0) is 54.2 Å². The molecule has 0 saturated carbocycles. The first-order valence-electron chi connectivity index (χ1n) is 9.11. The van der Waals surface area contributed by atoms with Gasteiger partial charge in [0.2, 0.25) is 0 Å². The van der Waals surface area contributed by atoms with Crippen LogP contribution in [0, 0.1) is 12.8 Å². The van der Waals surface area contributed by atoms with Crippen molar-refractivity contribution in [1.82, 2.24) is 5.32 Å². The Balaban J connectivity index is 2.25. The fourth-order valence-corrected chi connectivity index (χ4v) is 3.64. The van der Waals surface area contributed by atoms with Gasteiger partial charge in [-0.3, -0.25) is 9.52 Å². The van der Waals surface area contributed by atoms with E-state index in [9.17, 15) is 13.2 Å². The summed E-state index contributed by atoms with van der Waals surface area (Å²) in [5, 5.41) is 2.83. The molecule has 0 aromatic heterocycles. The van der Waals surface area contributed by atoms with Gasteiger partial charge in [0, 0.05) is 17.8 Å². The first-order valence-corrected chi connectivity index (χ1v) is 10.6. The van der Waals surface area contributed by atoms with Crippen molar-refractivity contribution < 1.29 is 13.2 Å². The predicted molar refractivity (Wildman–Crippen MR) is 110 cm³/mol. The molecule has 0 spiro atoms. The molecular formula is C21H28N2O3S. The molecule has 0 aliphatic rings. The lowest BCUT2D eigenvalue weighted by Crippen LogP contribution is -2.28. The molecule has 0 unspecified atom stereocenters. The van der Waals surface area contributed by atoms with Gasteiger partial charge in [0.15, 0.2) is 0 Å². The zero-order chi connectivity index (χ0) is 20.2. The number of rotatable bonds is 7. The molecule has 0 atom stereocenters. The summed E-state index contributed by atoms with van der Waals surface area (Å²) in [7, 11) is -3.78. The third-order valence-corrected chi connectivity index (χ3v) is 5.64. The van der Waals surface area contributed by atoms with Gasteiger partial charge in [-0.1, -0.05) is 45.9 Å². The minimum atomic E-state index is -3.78. The van der Waals surface area contributed by atoms with Gasteiger partial charge in [0.05, 0.1) is 4.90 Å². The fourth-order valence-electron chi connectivity index (χ4n) is 2.56. The van der Waals surface area contributed by atoms with Crippen LogP contribution >= 0.6 is 0 Å². The van der Waals surface area contributed by atoms with Gasteiger partial charge in [0.25, 0.3) is 15.9 Å². The summed E-state index contributed by atoms with van der Waals surface area (Å²) in [5.74, 6) is 0.427. The van der Waals surface area contributed by atoms with Crippen LogP contribution in [0.3, 0.4) is 0 Å². The number of anilines is 1. The highest BCUT2D eigenvalue weighted by Gasteiger charge is 2.18. The van der Waals surface area contributed by atoms with E-state index >= 15 is 0 Å². The molecular weight excluding hydrogens is 360 g/mol. The number of sulfonamides is 1. The van der Waals surface area contributed by atoms with E-state index < -0.39 is 10.0 Å². The largest absolute Gasteiger partial charge is 0.352 e. The monoisotopic (exact) mass is 388 g/mol. The molecule has 0 aliphatic heterocycles. The van der Waals surface area contributed by atoms with Crippen molar-refractivity contribution in [2.24, 2.45) is 5.92 Å². The summed E-state index contributed by atoms with van der Waals surface area (Å²) in [6, 6.07) is 11.9. The maximum atomic E-state index is 12.7. The van der Waals surface area contributed by atoms with E-state index in [1.54, 1.807) is 25.1 Å². The number of hydrogen-bond acceptors (Lipinski definition) is 3. The number of nitrogens with one attached hydrogen (secondary N) is 2. The first kappa shape index (κ1) is 21.0. The number of aryl methyl sites for hydroxylation is 1. The fraction of sp³-hybridized carbons (Fsp3) is 0.381. The van der Waals surface area contributed by atoms with Crippen LogP contribution < -0.4 is 10.0 Å². The number of benzene rings is 2. The van der Waals surface area contributed by atoms with Gasteiger partial charge >= 0.3 is 0 Å². The average Bonchev–Trinajstić information content (AvgIpc) is 2.60. The first-order chi connectivity index (χ1) is 12.6. The van der Waals surface area contributed by atoms with Gasteiger partial charge in [-0.15, -0.1) is 0 Å². The van der Waals surface area contributed by atoms with Crippen molar-refractivity contribution in [1.29, 1.82) is 0 Å². The Kier molecular flexibility index (Phi) is 6.65. The van der Waals surface area contributed by atoms with Crippen LogP contribution in [0.4, 0.5) is 5.69 Å². The molecule has 2 aromatic carbocycles. The normalized spacial score (nSPS) is 11.7. The van der Waals surface area contributed by atoms with Crippen LogP contribution in [0.2, 0.25) is 0 Å². The summed E-state index contributed by atoms with van der Waals surface area (Å²) >= 11 is 0. The SMILES string of the molecule is Cc1ccc(S(=O)(=O)Nc2ccc(C(C)C)cc2)cc1C(=O)NCC(C)C. The lowest BCUT2D eigenvalue weighted by molar-refractivity contribution is 0.0948. The van der Waals surface area contributed by atoms with Crippen LogP contribution in [-0.4, -0.2) is 20.9 Å². The van der Waals surface area contributed by atoms with Gasteiger partial charge in [-0.2, -0.15) is 0 Å². The van der Waals surface area contributed by atoms with E-state index in [0.717, 1.165) is 11.1 Å². The summed E-state index contributed by atoms with van der Waals surface area (Å²) in [6.07, 6.45) is 0. The van der Waals surface area contributed by atoms with E-state index in [4.69, 9.17) is 0 Å². The summed E-state index contributed by atoms with van der Waals surface area (Å²) < 4.78 is 28.0. The van der Waals surface area contributed by atoms with Crippen molar-refractivity contribution in [3.8, 4) is 0 Å². The van der Waals surface area contributed by atoms with E-state index in [2.05, 4.69) is 23.9 Å². The molecule has 6 heteroatoms. The quantitative estimate of drug-likeness (QED) is 0.742. The molecule has 2 rings (SSSR count). The summed E-state index contributed by atoms with van der Waals surface area (Å²) in [6.45, 7) is 10.5. The van der Waals surface area contributed by atoms with Crippen molar-refractivity contribution >= 4 is 21.6 Å². The van der Waals surface area contributed by atoms with Gasteiger partial charge in [-0.25, -0.2) is 8.42 Å². The number of carbonyl (C=O) groups is 1. The van der Waals surface area contributed by atoms with Crippen molar-refractivity contribution in [3.63, 3.8) is 0 Å². The van der Waals surface area contributed by atoms with E-state index in [0.29, 0.717) is 29.6 Å². The summed E-state index contributed by atoms with van der Waals surface area (Å²) in [5.41, 5.74) is 2.73. The van der Waals surface area contributed by atoms with E-state index in [1.165, 1.54) is 12.1 Å². The highest BCUT2D eigenvalue weighted by atomic mass is 32.2. The molecule has 0 heterocycles. The Labute approximate surface area is 162 Å². The maximum Gasteiger partial charge on any atom is 0.261 e. The van der Waals surface area contributed by atoms with Crippen LogP contribution in [0.5, 0.6) is 0 Å². The second-order valence-corrected chi connectivity index (χ2v) is 9.15. The Bertz CT molecular complexity index is 902. The number of carbonyl (C=O) groups excluding carboxylic acids is 1. The third-order valence-electron chi connectivity index (χ3n) is 4.26. The van der Waals surface area contributed by atoms with Crippen LogP contribution in [0.15, 0.2) is 47.4 Å². The van der Waals surface area contributed by atoms with Gasteiger partial charge in [0.1, 0.15) is 0 Å². The van der Waals surface area contributed by atoms with Crippen LogP contribution in [0.25, 0.3) is 0 Å². The number of hydrogen-bond donors (Lipinski definition) is 2.